The van der Waals surface area contributed by atoms with Gasteiger partial charge in [0.15, 0.2) is 0 Å². The van der Waals surface area contributed by atoms with Crippen LogP contribution >= 0.6 is 0 Å². The summed E-state index contributed by atoms with van der Waals surface area (Å²) in [6.07, 6.45) is -0.220. The van der Waals surface area contributed by atoms with Crippen molar-refractivity contribution in [2.24, 2.45) is 0 Å². The van der Waals surface area contributed by atoms with Crippen molar-refractivity contribution in [3.63, 3.8) is 0 Å². The number of hydrogen-bond donors (Lipinski definition) is 1. The van der Waals surface area contributed by atoms with Gasteiger partial charge in [0.05, 0.1) is 29.2 Å². The van der Waals surface area contributed by atoms with Gasteiger partial charge in [-0.25, -0.2) is 4.39 Å². The molecule has 2 amide bonds. The number of amides is 2. The number of benzene rings is 2. The lowest BCUT2D eigenvalue weighted by Crippen LogP contribution is -2.38. The van der Waals surface area contributed by atoms with Crippen LogP contribution in [0.1, 0.15) is 54.1 Å². The molecule has 10 heteroatoms. The molecule has 210 valence electrons. The predicted molar refractivity (Wildman–Crippen MR) is 142 cm³/mol. The molecule has 4 rings (SSSR count). The Morgan fingerprint density at radius 2 is 1.87 bits per heavy atom. The third-order valence-electron chi connectivity index (χ3n) is 6.94. The Morgan fingerprint density at radius 1 is 1.13 bits per heavy atom. The van der Waals surface area contributed by atoms with Gasteiger partial charge in [0.2, 0.25) is 0 Å². The van der Waals surface area contributed by atoms with E-state index in [1.54, 1.807) is 18.1 Å². The number of halogens is 3. The maximum Gasteiger partial charge on any atom is 0.315 e. The minimum Gasteiger partial charge on any atom is -0.490 e. The monoisotopic (exact) mass is 545 g/mol. The molecule has 0 saturated carbocycles. The lowest BCUT2D eigenvalue weighted by atomic mass is 9.88. The van der Waals surface area contributed by atoms with Gasteiger partial charge in [-0.15, -0.1) is 0 Å². The van der Waals surface area contributed by atoms with Crippen molar-refractivity contribution >= 4 is 22.7 Å². The fourth-order valence-corrected chi connectivity index (χ4v) is 5.05. The van der Waals surface area contributed by atoms with E-state index >= 15 is 0 Å². The van der Waals surface area contributed by atoms with Crippen LogP contribution in [-0.2, 0) is 22.6 Å². The van der Waals surface area contributed by atoms with E-state index in [0.29, 0.717) is 61.5 Å². The maximum absolute atomic E-state index is 14.7. The van der Waals surface area contributed by atoms with Crippen LogP contribution in [0.5, 0.6) is 5.75 Å². The number of nitrogens with zero attached hydrogens (tertiary/aromatic N) is 2. The molecule has 1 aliphatic heterocycles. The highest BCUT2D eigenvalue weighted by Gasteiger charge is 2.29. The van der Waals surface area contributed by atoms with Gasteiger partial charge < -0.3 is 24.3 Å². The van der Waals surface area contributed by atoms with Crippen LogP contribution in [0.2, 0.25) is 0 Å². The molecule has 3 aromatic rings. The van der Waals surface area contributed by atoms with E-state index in [-0.39, 0.29) is 30.3 Å². The fraction of sp³-hybridized carbons (Fsp3) is 0.448. The van der Waals surface area contributed by atoms with Crippen molar-refractivity contribution in [2.45, 2.75) is 58.2 Å². The highest BCUT2D eigenvalue weighted by molar-refractivity contribution is 6.09. The van der Waals surface area contributed by atoms with Crippen LogP contribution in [0.25, 0.3) is 10.9 Å². The smallest absolute Gasteiger partial charge is 0.315 e. The predicted octanol–water partition coefficient (Wildman–Crippen LogP) is 5.12. The number of rotatable bonds is 10. The highest BCUT2D eigenvalue weighted by Crippen LogP contribution is 2.35. The molecule has 1 aliphatic rings. The molecule has 1 N–H and O–H groups in total. The first kappa shape index (κ1) is 28.5. The first-order valence-electron chi connectivity index (χ1n) is 13.1. The van der Waals surface area contributed by atoms with Gasteiger partial charge in [-0.2, -0.15) is 8.78 Å². The Morgan fingerprint density at radius 3 is 2.54 bits per heavy atom. The number of likely N-dealkylation sites (tertiary alicyclic amines) is 1. The summed E-state index contributed by atoms with van der Waals surface area (Å²) in [5, 5.41) is 2.91. The first-order valence-corrected chi connectivity index (χ1v) is 13.1. The topological polar surface area (TPSA) is 72.8 Å². The van der Waals surface area contributed by atoms with Crippen LogP contribution in [0.4, 0.5) is 13.2 Å². The van der Waals surface area contributed by atoms with E-state index in [9.17, 15) is 22.8 Å². The van der Waals surface area contributed by atoms with Crippen LogP contribution in [0.3, 0.4) is 0 Å². The third-order valence-corrected chi connectivity index (χ3v) is 6.94. The largest absolute Gasteiger partial charge is 0.490 e. The summed E-state index contributed by atoms with van der Waals surface area (Å²) in [5.41, 5.74) is 2.45. The van der Waals surface area contributed by atoms with E-state index in [2.05, 4.69) is 5.32 Å². The minimum atomic E-state index is -3.10. The summed E-state index contributed by atoms with van der Waals surface area (Å²) in [7, 11) is 1.63. The number of fused-ring (bicyclic) bond motifs is 1. The van der Waals surface area contributed by atoms with Crippen molar-refractivity contribution < 1.29 is 32.2 Å². The Balaban J connectivity index is 1.52. The van der Waals surface area contributed by atoms with E-state index in [0.717, 1.165) is 10.9 Å². The number of carbonyl (C=O) groups is 2. The zero-order chi connectivity index (χ0) is 28.1. The molecule has 0 aliphatic carbocycles. The van der Waals surface area contributed by atoms with Crippen molar-refractivity contribution in [1.82, 2.24) is 14.8 Å². The summed E-state index contributed by atoms with van der Waals surface area (Å²) in [5.74, 6) is -1.35. The van der Waals surface area contributed by atoms with Crippen LogP contribution < -0.4 is 10.1 Å². The van der Waals surface area contributed by atoms with Crippen LogP contribution in [-0.4, -0.2) is 60.6 Å². The third kappa shape index (κ3) is 6.55. The lowest BCUT2D eigenvalue weighted by Gasteiger charge is -2.32. The zero-order valence-corrected chi connectivity index (χ0v) is 22.4. The molecule has 0 atom stereocenters. The molecule has 0 unspecified atom stereocenters. The Bertz CT molecular complexity index is 1320. The molecule has 39 heavy (non-hydrogen) atoms. The van der Waals surface area contributed by atoms with E-state index in [1.165, 1.54) is 12.1 Å². The molecule has 0 spiro atoms. The quantitative estimate of drug-likeness (QED) is 0.384. The van der Waals surface area contributed by atoms with Gasteiger partial charge in [-0.3, -0.25) is 9.59 Å². The van der Waals surface area contributed by atoms with E-state index in [1.807, 2.05) is 42.8 Å². The van der Waals surface area contributed by atoms with Crippen molar-refractivity contribution in [1.29, 1.82) is 0 Å². The molecule has 0 radical (unpaired) electrons. The highest BCUT2D eigenvalue weighted by atomic mass is 19.3. The van der Waals surface area contributed by atoms with Gasteiger partial charge in [0.25, 0.3) is 11.8 Å². The summed E-state index contributed by atoms with van der Waals surface area (Å²) in [6.45, 7) is 5.72. The van der Waals surface area contributed by atoms with E-state index < -0.39 is 12.3 Å². The van der Waals surface area contributed by atoms with Crippen molar-refractivity contribution in [2.75, 3.05) is 26.8 Å². The second kappa shape index (κ2) is 12.5. The number of hydrogen-bond acceptors (Lipinski definition) is 4. The number of methoxy groups -OCH3 is 1. The van der Waals surface area contributed by atoms with Gasteiger partial charge >= 0.3 is 6.43 Å². The Labute approximate surface area is 225 Å². The molecular weight excluding hydrogens is 511 g/mol. The molecule has 2 heterocycles. The Hall–Kier alpha value is -3.53. The number of piperidine rings is 1. The molecule has 7 nitrogen and oxygen atoms in total. The number of ether oxygens (including phenoxy) is 2. The zero-order valence-electron chi connectivity index (χ0n) is 22.4. The number of nitrogens with one attached hydrogen (secondary N) is 1. The number of carbonyl (C=O) groups excluding carboxylic acids is 2. The van der Waals surface area contributed by atoms with E-state index in [4.69, 9.17) is 9.47 Å². The van der Waals surface area contributed by atoms with Gasteiger partial charge in [0, 0.05) is 39.5 Å². The van der Waals surface area contributed by atoms with Crippen LogP contribution in [0, 0.1) is 5.82 Å². The molecule has 1 saturated heterocycles. The molecule has 2 aromatic carbocycles. The number of aromatic nitrogens is 1. The molecular formula is C29H34F3N3O4. The first-order chi connectivity index (χ1) is 18.7. The van der Waals surface area contributed by atoms with Crippen molar-refractivity contribution in [3.8, 4) is 5.75 Å². The fourth-order valence-electron chi connectivity index (χ4n) is 5.05. The SMILES string of the molecule is COCCn1cc(C(=O)N2CCC(c3cc(CNC(=O)C(F)F)ccc3F)CC2)c2c(OC(C)C)cccc21. The maximum atomic E-state index is 14.7. The molecule has 1 fully saturated rings. The second-order valence-corrected chi connectivity index (χ2v) is 9.99. The standard InChI is InChI=1S/C29H34F3N3O4/c1-18(2)39-25-6-4-5-24-26(25)22(17-35(24)13-14-38-3)29(37)34-11-9-20(10-12-34)21-15-19(7-8-23(21)30)16-33-28(36)27(31)32/h4-8,15,17-18,20,27H,9-14,16H2,1-3H3,(H,33,36). The second-order valence-electron chi connectivity index (χ2n) is 9.99. The Kier molecular flexibility index (Phi) is 9.16. The average Bonchev–Trinajstić information content (AvgIpc) is 3.30. The normalized spacial score (nSPS) is 14.4. The van der Waals surface area contributed by atoms with Gasteiger partial charge in [0.1, 0.15) is 11.6 Å². The molecule has 1 aromatic heterocycles. The summed E-state index contributed by atoms with van der Waals surface area (Å²) in [6, 6.07) is 10.1. The molecule has 0 bridgehead atoms. The van der Waals surface area contributed by atoms with Crippen molar-refractivity contribution in [3.05, 3.63) is 65.1 Å². The lowest BCUT2D eigenvalue weighted by molar-refractivity contribution is -0.131. The summed E-state index contributed by atoms with van der Waals surface area (Å²) in [4.78, 5) is 26.7. The van der Waals surface area contributed by atoms with Gasteiger partial charge in [-0.05, 0) is 61.9 Å². The summed E-state index contributed by atoms with van der Waals surface area (Å²) < 4.78 is 53.0. The summed E-state index contributed by atoms with van der Waals surface area (Å²) >= 11 is 0. The average molecular weight is 546 g/mol. The van der Waals surface area contributed by atoms with Gasteiger partial charge in [-0.1, -0.05) is 18.2 Å². The van der Waals surface area contributed by atoms with Crippen LogP contribution in [0.15, 0.2) is 42.6 Å². The minimum absolute atomic E-state index is 0.0639. The number of alkyl halides is 2.